The predicted molar refractivity (Wildman–Crippen MR) is 80.3 cm³/mol. The van der Waals surface area contributed by atoms with E-state index >= 15 is 0 Å². The number of hydrogen-bond donors (Lipinski definition) is 3. The number of aliphatic carboxylic acids is 1. The van der Waals surface area contributed by atoms with Gasteiger partial charge in [0.1, 0.15) is 5.16 Å². The Balaban J connectivity index is 2.89. The summed E-state index contributed by atoms with van der Waals surface area (Å²) in [5.74, 6) is -1.09. The lowest BCUT2D eigenvalue weighted by atomic mass is 9.93. The predicted octanol–water partition coefficient (Wildman–Crippen LogP) is 2.95. The smallest absolute Gasteiger partial charge is 0.319 e. The van der Waals surface area contributed by atoms with E-state index in [0.717, 1.165) is 38.5 Å². The molecule has 1 heterocycles. The van der Waals surface area contributed by atoms with Crippen molar-refractivity contribution in [2.45, 2.75) is 69.4 Å². The van der Waals surface area contributed by atoms with Gasteiger partial charge in [-0.15, -0.1) is 0 Å². The summed E-state index contributed by atoms with van der Waals surface area (Å²) in [4.78, 5) is 22.2. The van der Waals surface area contributed by atoms with Crippen molar-refractivity contribution in [2.24, 2.45) is 5.73 Å². The zero-order valence-electron chi connectivity index (χ0n) is 12.2. The van der Waals surface area contributed by atoms with E-state index in [1.54, 1.807) is 0 Å². The lowest BCUT2D eigenvalue weighted by molar-refractivity contribution is -0.141. The molecule has 1 aliphatic rings. The Morgan fingerprint density at radius 3 is 2.40 bits per heavy atom. The molecule has 1 rings (SSSR count). The molecule has 0 bridgehead atoms. The first-order chi connectivity index (χ1) is 9.46. The van der Waals surface area contributed by atoms with Gasteiger partial charge in [-0.3, -0.25) is 9.36 Å². The number of carboxylic acid groups (broad SMARTS) is 1. The second-order valence-electron chi connectivity index (χ2n) is 5.88. The lowest BCUT2D eigenvalue weighted by Crippen LogP contribution is -2.39. The molecule has 0 saturated carbocycles. The topological polar surface area (TPSA) is 101 Å². The molecule has 1 saturated heterocycles. The maximum absolute atomic E-state index is 12.7. The first-order valence-corrected chi connectivity index (χ1v) is 9.56. The first kappa shape index (κ1) is 17.7. The van der Waals surface area contributed by atoms with Gasteiger partial charge in [0.05, 0.1) is 0 Å². The molecule has 0 aromatic carbocycles. The molecule has 0 amide bonds. The summed E-state index contributed by atoms with van der Waals surface area (Å²) in [5, 5.41) is 8.21. The molecular weight excluding hydrogens is 277 g/mol. The van der Waals surface area contributed by atoms with E-state index in [0.29, 0.717) is 32.2 Å². The van der Waals surface area contributed by atoms with Crippen LogP contribution in [0.25, 0.3) is 0 Å². The summed E-state index contributed by atoms with van der Waals surface area (Å²) < 4.78 is 12.7. The van der Waals surface area contributed by atoms with Crippen molar-refractivity contribution in [1.82, 2.24) is 0 Å². The van der Waals surface area contributed by atoms with Gasteiger partial charge in [-0.2, -0.15) is 0 Å². The molecule has 6 heteroatoms. The molecule has 0 aromatic rings. The van der Waals surface area contributed by atoms with Gasteiger partial charge in [-0.25, -0.2) is 0 Å². The van der Waals surface area contributed by atoms with Gasteiger partial charge in [0.25, 0.3) is 0 Å². The Hall–Kier alpha value is -0.380. The van der Waals surface area contributed by atoms with Crippen molar-refractivity contribution >= 4 is 13.3 Å². The Labute approximate surface area is 121 Å². The largest absolute Gasteiger partial charge is 0.480 e. The number of carbonyl (C=O) groups is 1. The van der Waals surface area contributed by atoms with Gasteiger partial charge in [-0.05, 0) is 32.2 Å². The first-order valence-electron chi connectivity index (χ1n) is 7.72. The molecule has 2 atom stereocenters. The Kier molecular flexibility index (Phi) is 7.21. The zero-order valence-corrected chi connectivity index (χ0v) is 13.1. The van der Waals surface area contributed by atoms with Crippen LogP contribution in [0.5, 0.6) is 0 Å². The highest BCUT2D eigenvalue weighted by Crippen LogP contribution is 2.60. The van der Waals surface area contributed by atoms with Gasteiger partial charge in [0, 0.05) is 6.16 Å². The van der Waals surface area contributed by atoms with Crippen LogP contribution in [0.4, 0.5) is 0 Å². The maximum Gasteiger partial charge on any atom is 0.319 e. The third-order valence-corrected chi connectivity index (χ3v) is 7.31. The van der Waals surface area contributed by atoms with E-state index in [9.17, 15) is 19.4 Å². The fourth-order valence-electron chi connectivity index (χ4n) is 3.06. The van der Waals surface area contributed by atoms with Gasteiger partial charge in [0.2, 0.25) is 7.37 Å². The van der Waals surface area contributed by atoms with E-state index in [4.69, 9.17) is 5.73 Å². The van der Waals surface area contributed by atoms with Crippen LogP contribution in [0.1, 0.15) is 64.2 Å². The monoisotopic (exact) mass is 305 g/mol. The summed E-state index contributed by atoms with van der Waals surface area (Å²) in [7, 11) is -3.66. The summed E-state index contributed by atoms with van der Waals surface area (Å²) in [5.41, 5.74) is 5.44. The summed E-state index contributed by atoms with van der Waals surface area (Å²) in [6.45, 7) is 0.580. The van der Waals surface area contributed by atoms with Crippen molar-refractivity contribution in [1.29, 1.82) is 0 Å². The summed E-state index contributed by atoms with van der Waals surface area (Å²) >= 11 is 0. The van der Waals surface area contributed by atoms with E-state index in [2.05, 4.69) is 0 Å². The van der Waals surface area contributed by atoms with Crippen LogP contribution >= 0.6 is 7.37 Å². The molecule has 0 spiro atoms. The quantitative estimate of drug-likeness (QED) is 0.517. The van der Waals surface area contributed by atoms with Gasteiger partial charge in [-0.1, -0.05) is 38.5 Å². The van der Waals surface area contributed by atoms with Crippen LogP contribution in [-0.4, -0.2) is 33.8 Å². The van der Waals surface area contributed by atoms with Gasteiger partial charge in [0.15, 0.2) is 0 Å². The molecule has 20 heavy (non-hydrogen) atoms. The molecule has 118 valence electrons. The van der Waals surface area contributed by atoms with Gasteiger partial charge >= 0.3 is 5.97 Å². The Morgan fingerprint density at radius 2 is 1.75 bits per heavy atom. The van der Waals surface area contributed by atoms with Crippen LogP contribution in [-0.2, 0) is 9.36 Å². The third kappa shape index (κ3) is 4.31. The minimum Gasteiger partial charge on any atom is -0.480 e. The van der Waals surface area contributed by atoms with E-state index < -0.39 is 18.5 Å². The summed E-state index contributed by atoms with van der Waals surface area (Å²) in [6, 6.07) is 0. The Bertz CT molecular complexity index is 361. The van der Waals surface area contributed by atoms with Gasteiger partial charge < -0.3 is 15.7 Å². The highest BCUT2D eigenvalue weighted by molar-refractivity contribution is 7.60. The molecule has 0 aliphatic carbocycles. The highest BCUT2D eigenvalue weighted by atomic mass is 31.2. The number of rotatable bonds is 6. The van der Waals surface area contributed by atoms with Crippen molar-refractivity contribution in [3.63, 3.8) is 0 Å². The SMILES string of the molecule is NCCCCCC1(C(=O)O)CCCCCCCP1(=O)O. The highest BCUT2D eigenvalue weighted by Gasteiger charge is 2.52. The zero-order chi connectivity index (χ0) is 15.1. The number of carboxylic acids is 1. The molecule has 4 N–H and O–H groups in total. The molecule has 0 aromatic heterocycles. The third-order valence-electron chi connectivity index (χ3n) is 4.41. The number of nitrogens with two attached hydrogens (primary N) is 1. The number of unbranched alkanes of at least 4 members (excludes halogenated alkanes) is 2. The van der Waals surface area contributed by atoms with E-state index in [1.807, 2.05) is 0 Å². The van der Waals surface area contributed by atoms with Crippen LogP contribution in [0.15, 0.2) is 0 Å². The lowest BCUT2D eigenvalue weighted by Gasteiger charge is -2.33. The molecule has 5 nitrogen and oxygen atoms in total. The van der Waals surface area contributed by atoms with Crippen LogP contribution in [0.2, 0.25) is 0 Å². The summed E-state index contributed by atoms with van der Waals surface area (Å²) in [6.07, 6.45) is 7.41. The minimum absolute atomic E-state index is 0.149. The normalized spacial score (nSPS) is 32.1. The Morgan fingerprint density at radius 1 is 1.10 bits per heavy atom. The van der Waals surface area contributed by atoms with E-state index in [1.165, 1.54) is 0 Å². The maximum atomic E-state index is 12.7. The standard InChI is InChI=1S/C14H28NO4P/c15-11-7-4-6-10-14(13(16)17)9-5-2-1-3-8-12-20(14,18)19/h1-12,15H2,(H,16,17)(H,18,19). The van der Waals surface area contributed by atoms with Crippen molar-refractivity contribution in [3.05, 3.63) is 0 Å². The minimum atomic E-state index is -3.66. The second kappa shape index (κ2) is 8.16. The number of hydrogen-bond acceptors (Lipinski definition) is 3. The second-order valence-corrected chi connectivity index (χ2v) is 8.59. The van der Waals surface area contributed by atoms with Crippen molar-refractivity contribution in [2.75, 3.05) is 12.7 Å². The average Bonchev–Trinajstić information content (AvgIpc) is 2.45. The molecule has 0 radical (unpaired) electrons. The molecule has 1 fully saturated rings. The van der Waals surface area contributed by atoms with Crippen LogP contribution in [0.3, 0.4) is 0 Å². The van der Waals surface area contributed by atoms with Crippen molar-refractivity contribution in [3.8, 4) is 0 Å². The molecular formula is C14H28NO4P. The van der Waals surface area contributed by atoms with E-state index in [-0.39, 0.29) is 6.16 Å². The fraction of sp³-hybridized carbons (Fsp3) is 0.929. The van der Waals surface area contributed by atoms with Crippen molar-refractivity contribution < 1.29 is 19.4 Å². The molecule has 2 unspecified atom stereocenters. The molecule has 1 aliphatic heterocycles. The average molecular weight is 305 g/mol. The fourth-order valence-corrected chi connectivity index (χ4v) is 5.46. The van der Waals surface area contributed by atoms with Crippen LogP contribution < -0.4 is 5.73 Å². The van der Waals surface area contributed by atoms with Crippen LogP contribution in [0, 0.1) is 0 Å².